The number of nitrogens with zero attached hydrogens (tertiary/aromatic N) is 2. The number of hydrogen-bond acceptors (Lipinski definition) is 3. The largest absolute Gasteiger partial charge is 0.455 e. The highest BCUT2D eigenvalue weighted by molar-refractivity contribution is 6.25. The Kier molecular flexibility index (Phi) is 6.80. The highest BCUT2D eigenvalue weighted by Crippen LogP contribution is 2.45. The van der Waals surface area contributed by atoms with Crippen molar-refractivity contribution in [3.8, 4) is 33.4 Å². The number of pyridine rings is 1. The van der Waals surface area contributed by atoms with Crippen molar-refractivity contribution in [2.75, 3.05) is 4.90 Å². The summed E-state index contributed by atoms with van der Waals surface area (Å²) in [6.07, 6.45) is 3.69. The summed E-state index contributed by atoms with van der Waals surface area (Å²) in [5.41, 5.74) is 11.9. The van der Waals surface area contributed by atoms with Crippen LogP contribution in [0.5, 0.6) is 0 Å². The maximum atomic E-state index is 6.75. The Hall–Kier alpha value is -6.45. The summed E-state index contributed by atoms with van der Waals surface area (Å²) in [6, 6.07) is 60.0. The molecule has 0 bridgehead atoms. The molecule has 3 heteroatoms. The molecule has 0 aliphatic heterocycles. The van der Waals surface area contributed by atoms with Crippen molar-refractivity contribution in [1.29, 1.82) is 0 Å². The van der Waals surface area contributed by atoms with Gasteiger partial charge in [0.25, 0.3) is 0 Å². The molecular weight excluding hydrogens is 585 g/mol. The molecule has 0 aliphatic rings. The number of benzene rings is 7. The van der Waals surface area contributed by atoms with Gasteiger partial charge in [-0.2, -0.15) is 0 Å². The zero-order valence-electron chi connectivity index (χ0n) is 26.1. The molecular formula is C45H30N2O. The number of rotatable bonds is 6. The van der Waals surface area contributed by atoms with Gasteiger partial charge in [-0.1, -0.05) is 109 Å². The SMILES string of the molecule is c1ccc(-c2ccc(N(c3ccccc3)c3ccc(-c4cc5ccccc5c5c4oc4cccc(-c6ccncc6)c45)cc3)cc2)cc1. The van der Waals surface area contributed by atoms with Gasteiger partial charge in [0.15, 0.2) is 0 Å². The Labute approximate surface area is 279 Å². The fourth-order valence-corrected chi connectivity index (χ4v) is 6.90. The van der Waals surface area contributed by atoms with Crippen LogP contribution in [0.4, 0.5) is 17.1 Å². The number of fused-ring (bicyclic) bond motifs is 5. The molecule has 2 heterocycles. The Bertz CT molecular complexity index is 2520. The quantitative estimate of drug-likeness (QED) is 0.187. The van der Waals surface area contributed by atoms with Crippen molar-refractivity contribution >= 4 is 49.8 Å². The zero-order chi connectivity index (χ0) is 31.9. The van der Waals surface area contributed by atoms with E-state index < -0.39 is 0 Å². The molecule has 226 valence electrons. The first-order valence-corrected chi connectivity index (χ1v) is 16.2. The average Bonchev–Trinajstić information content (AvgIpc) is 3.57. The minimum absolute atomic E-state index is 0.878. The van der Waals surface area contributed by atoms with Crippen molar-refractivity contribution in [1.82, 2.24) is 4.98 Å². The molecule has 0 amide bonds. The minimum atomic E-state index is 0.878. The second-order valence-corrected chi connectivity index (χ2v) is 12.0. The third-order valence-corrected chi connectivity index (χ3v) is 9.16. The molecule has 9 aromatic rings. The normalized spacial score (nSPS) is 11.3. The van der Waals surface area contributed by atoms with E-state index in [1.54, 1.807) is 0 Å². The molecule has 0 N–H and O–H groups in total. The number of anilines is 3. The zero-order valence-corrected chi connectivity index (χ0v) is 26.1. The van der Waals surface area contributed by atoms with E-state index >= 15 is 0 Å². The van der Waals surface area contributed by atoms with E-state index in [0.717, 1.165) is 61.3 Å². The van der Waals surface area contributed by atoms with E-state index in [-0.39, 0.29) is 0 Å². The van der Waals surface area contributed by atoms with E-state index in [2.05, 4.69) is 180 Å². The third kappa shape index (κ3) is 4.81. The fraction of sp³-hybridized carbons (Fsp3) is 0. The molecule has 48 heavy (non-hydrogen) atoms. The third-order valence-electron chi connectivity index (χ3n) is 9.16. The Morgan fingerprint density at radius 1 is 0.417 bits per heavy atom. The summed E-state index contributed by atoms with van der Waals surface area (Å²) >= 11 is 0. The maximum Gasteiger partial charge on any atom is 0.143 e. The van der Waals surface area contributed by atoms with Crippen LogP contribution in [0, 0.1) is 0 Å². The predicted molar refractivity (Wildman–Crippen MR) is 200 cm³/mol. The lowest BCUT2D eigenvalue weighted by Gasteiger charge is -2.26. The molecule has 0 saturated carbocycles. The molecule has 0 unspecified atom stereocenters. The van der Waals surface area contributed by atoms with Crippen molar-refractivity contribution in [3.05, 3.63) is 182 Å². The monoisotopic (exact) mass is 614 g/mol. The molecule has 7 aromatic carbocycles. The van der Waals surface area contributed by atoms with Crippen LogP contribution in [0.2, 0.25) is 0 Å². The Morgan fingerprint density at radius 3 is 1.73 bits per heavy atom. The molecule has 3 nitrogen and oxygen atoms in total. The van der Waals surface area contributed by atoms with Crippen molar-refractivity contribution in [2.24, 2.45) is 0 Å². The number of aromatic nitrogens is 1. The van der Waals surface area contributed by atoms with Gasteiger partial charge in [-0.3, -0.25) is 4.98 Å². The highest BCUT2D eigenvalue weighted by atomic mass is 16.3. The molecule has 2 aromatic heterocycles. The van der Waals surface area contributed by atoms with Crippen LogP contribution in [0.25, 0.3) is 66.1 Å². The van der Waals surface area contributed by atoms with E-state index in [9.17, 15) is 0 Å². The van der Waals surface area contributed by atoms with Gasteiger partial charge in [0.1, 0.15) is 11.2 Å². The first-order chi connectivity index (χ1) is 23.8. The van der Waals surface area contributed by atoms with Crippen LogP contribution in [0.3, 0.4) is 0 Å². The summed E-state index contributed by atoms with van der Waals surface area (Å²) in [5, 5.41) is 4.63. The van der Waals surface area contributed by atoms with Crippen LogP contribution >= 0.6 is 0 Å². The van der Waals surface area contributed by atoms with Crippen LogP contribution in [0.15, 0.2) is 187 Å². The minimum Gasteiger partial charge on any atom is -0.455 e. The van der Waals surface area contributed by atoms with Crippen LogP contribution in [0.1, 0.15) is 0 Å². The molecule has 0 atom stereocenters. The summed E-state index contributed by atoms with van der Waals surface area (Å²) in [6.45, 7) is 0. The van der Waals surface area contributed by atoms with Crippen molar-refractivity contribution in [2.45, 2.75) is 0 Å². The number of furan rings is 1. The van der Waals surface area contributed by atoms with Crippen LogP contribution < -0.4 is 4.90 Å². The van der Waals surface area contributed by atoms with E-state index in [1.807, 2.05) is 12.4 Å². The van der Waals surface area contributed by atoms with Crippen LogP contribution in [-0.4, -0.2) is 4.98 Å². The first-order valence-electron chi connectivity index (χ1n) is 16.2. The van der Waals surface area contributed by atoms with Crippen LogP contribution in [-0.2, 0) is 0 Å². The molecule has 0 fully saturated rings. The maximum absolute atomic E-state index is 6.75. The van der Waals surface area contributed by atoms with E-state index in [1.165, 1.54) is 21.9 Å². The highest BCUT2D eigenvalue weighted by Gasteiger charge is 2.20. The van der Waals surface area contributed by atoms with Gasteiger partial charge in [-0.25, -0.2) is 0 Å². The predicted octanol–water partition coefficient (Wildman–Crippen LogP) is 12.6. The van der Waals surface area contributed by atoms with Gasteiger partial charge in [-0.15, -0.1) is 0 Å². The fourth-order valence-electron chi connectivity index (χ4n) is 6.90. The second kappa shape index (κ2) is 11.7. The van der Waals surface area contributed by atoms with Gasteiger partial charge < -0.3 is 9.32 Å². The van der Waals surface area contributed by atoms with Gasteiger partial charge in [0, 0.05) is 45.8 Å². The Balaban J connectivity index is 1.18. The molecule has 0 saturated heterocycles. The number of para-hydroxylation sites is 1. The summed E-state index contributed by atoms with van der Waals surface area (Å²) in [7, 11) is 0. The summed E-state index contributed by atoms with van der Waals surface area (Å²) < 4.78 is 6.75. The average molecular weight is 615 g/mol. The first kappa shape index (κ1) is 27.8. The Morgan fingerprint density at radius 2 is 1.00 bits per heavy atom. The summed E-state index contributed by atoms with van der Waals surface area (Å²) in [4.78, 5) is 6.55. The van der Waals surface area contributed by atoms with E-state index in [0.29, 0.717) is 0 Å². The van der Waals surface area contributed by atoms with Crippen molar-refractivity contribution in [3.63, 3.8) is 0 Å². The number of hydrogen-bond donors (Lipinski definition) is 0. The molecule has 0 spiro atoms. The molecule has 0 aliphatic carbocycles. The standard InChI is InChI=1S/C45H30N2O/c1-3-10-31(11-4-1)32-18-22-37(23-19-32)47(36-13-5-2-6-14-36)38-24-20-33(21-25-38)41-30-35-12-7-8-15-40(35)44-43-39(34-26-28-46-29-27-34)16-9-17-42(43)48-45(41)44/h1-30H. The van der Waals surface area contributed by atoms with Gasteiger partial charge in [-0.05, 0) is 99.3 Å². The lowest BCUT2D eigenvalue weighted by molar-refractivity contribution is 0.670. The molecule has 0 radical (unpaired) electrons. The smallest absolute Gasteiger partial charge is 0.143 e. The van der Waals surface area contributed by atoms with Crippen molar-refractivity contribution < 1.29 is 4.42 Å². The lowest BCUT2D eigenvalue weighted by Crippen LogP contribution is -2.09. The van der Waals surface area contributed by atoms with Gasteiger partial charge >= 0.3 is 0 Å². The lowest BCUT2D eigenvalue weighted by atomic mass is 9.93. The topological polar surface area (TPSA) is 29.3 Å². The van der Waals surface area contributed by atoms with Gasteiger partial charge in [0.2, 0.25) is 0 Å². The second-order valence-electron chi connectivity index (χ2n) is 12.0. The van der Waals surface area contributed by atoms with Gasteiger partial charge in [0.05, 0.1) is 0 Å². The molecule has 9 rings (SSSR count). The summed E-state index contributed by atoms with van der Waals surface area (Å²) in [5.74, 6) is 0. The van der Waals surface area contributed by atoms with E-state index in [4.69, 9.17) is 4.42 Å².